The third kappa shape index (κ3) is 2.20. The van der Waals surface area contributed by atoms with Crippen molar-refractivity contribution in [2.24, 2.45) is 0 Å². The summed E-state index contributed by atoms with van der Waals surface area (Å²) in [4.78, 5) is 41.9. The van der Waals surface area contributed by atoms with Gasteiger partial charge in [0, 0.05) is 25.7 Å². The molecule has 2 aliphatic rings. The molecule has 0 bridgehead atoms. The van der Waals surface area contributed by atoms with Crippen molar-refractivity contribution in [3.05, 3.63) is 53.6 Å². The Bertz CT molecular complexity index is 1010. The number of hydrogen-bond acceptors (Lipinski definition) is 5. The Labute approximate surface area is 162 Å². The number of fused-ring (bicyclic) bond motifs is 3. The molecule has 4 rings (SSSR count). The van der Waals surface area contributed by atoms with E-state index in [1.54, 1.807) is 61.5 Å². The Hall–Kier alpha value is -3.55. The number of carbonyl (C=O) groups excluding carboxylic acids is 3. The van der Waals surface area contributed by atoms with Gasteiger partial charge in [0.1, 0.15) is 5.75 Å². The van der Waals surface area contributed by atoms with Crippen LogP contribution in [0.3, 0.4) is 0 Å². The van der Waals surface area contributed by atoms with Crippen molar-refractivity contribution in [1.82, 2.24) is 10.2 Å². The predicted molar refractivity (Wildman–Crippen MR) is 103 cm³/mol. The van der Waals surface area contributed by atoms with E-state index in [0.717, 1.165) is 0 Å². The minimum atomic E-state index is -1.47. The highest BCUT2D eigenvalue weighted by Gasteiger charge is 2.59. The van der Waals surface area contributed by atoms with Gasteiger partial charge in [0.05, 0.1) is 30.6 Å². The van der Waals surface area contributed by atoms with Crippen molar-refractivity contribution in [1.29, 1.82) is 0 Å². The fraction of sp³-hybridized carbons (Fsp3) is 0.250. The first kappa shape index (κ1) is 17.8. The Balaban J connectivity index is 2.00. The number of nitrogens with one attached hydrogen (secondary N) is 2. The number of anilines is 2. The van der Waals surface area contributed by atoms with Gasteiger partial charge in [-0.25, -0.2) is 0 Å². The van der Waals surface area contributed by atoms with Gasteiger partial charge in [-0.05, 0) is 24.3 Å². The minimum absolute atomic E-state index is 0.0932. The van der Waals surface area contributed by atoms with E-state index in [-0.39, 0.29) is 18.4 Å². The molecule has 8 nitrogen and oxygen atoms in total. The van der Waals surface area contributed by atoms with Crippen LogP contribution in [0.25, 0.3) is 0 Å². The Morgan fingerprint density at radius 1 is 1.21 bits per heavy atom. The summed E-state index contributed by atoms with van der Waals surface area (Å²) in [5.74, 6) is -0.376. The van der Waals surface area contributed by atoms with Gasteiger partial charge in [-0.15, -0.1) is 0 Å². The number of benzene rings is 2. The summed E-state index contributed by atoms with van der Waals surface area (Å²) < 4.78 is 5.25. The smallest absolute Gasteiger partial charge is 0.276 e. The second kappa shape index (κ2) is 6.26. The SMILES string of the molecule is CNC(=O)CN1c2ccccc2C(=O)N(C)C12C(=O)Nc1cc(OC)ccc12. The van der Waals surface area contributed by atoms with Gasteiger partial charge in [-0.3, -0.25) is 14.4 Å². The van der Waals surface area contributed by atoms with Gasteiger partial charge < -0.3 is 25.2 Å². The molecule has 2 N–H and O–H groups in total. The van der Waals surface area contributed by atoms with Crippen LogP contribution in [-0.2, 0) is 15.3 Å². The van der Waals surface area contributed by atoms with Gasteiger partial charge in [-0.1, -0.05) is 12.1 Å². The van der Waals surface area contributed by atoms with E-state index in [1.807, 2.05) is 0 Å². The zero-order chi connectivity index (χ0) is 20.1. The van der Waals surface area contributed by atoms with Crippen molar-refractivity contribution < 1.29 is 19.1 Å². The van der Waals surface area contributed by atoms with Crippen molar-refractivity contribution in [3.63, 3.8) is 0 Å². The van der Waals surface area contributed by atoms with E-state index in [0.29, 0.717) is 28.3 Å². The van der Waals surface area contributed by atoms with Gasteiger partial charge in [-0.2, -0.15) is 0 Å². The molecule has 2 aliphatic heterocycles. The lowest BCUT2D eigenvalue weighted by Gasteiger charge is -2.50. The maximum Gasteiger partial charge on any atom is 0.276 e. The molecule has 0 saturated heterocycles. The molecule has 0 aromatic heterocycles. The second-order valence-electron chi connectivity index (χ2n) is 6.68. The third-order valence-electron chi connectivity index (χ3n) is 5.35. The third-order valence-corrected chi connectivity index (χ3v) is 5.35. The average molecular weight is 380 g/mol. The van der Waals surface area contributed by atoms with E-state index < -0.39 is 11.6 Å². The first-order chi connectivity index (χ1) is 13.4. The summed E-state index contributed by atoms with van der Waals surface area (Å²) in [6, 6.07) is 12.2. The Morgan fingerprint density at radius 2 is 1.96 bits per heavy atom. The molecule has 144 valence electrons. The van der Waals surface area contributed by atoms with Crippen molar-refractivity contribution in [2.45, 2.75) is 5.66 Å². The molecular formula is C20H20N4O4. The van der Waals surface area contributed by atoms with Crippen LogP contribution >= 0.6 is 0 Å². The number of carbonyl (C=O) groups is 3. The number of nitrogens with zero attached hydrogens (tertiary/aromatic N) is 2. The van der Waals surface area contributed by atoms with E-state index in [4.69, 9.17) is 4.74 Å². The number of para-hydroxylation sites is 1. The molecule has 2 heterocycles. The van der Waals surface area contributed by atoms with Gasteiger partial charge in [0.25, 0.3) is 11.8 Å². The van der Waals surface area contributed by atoms with Crippen LogP contribution in [0.2, 0.25) is 0 Å². The molecule has 8 heteroatoms. The normalized spacial score (nSPS) is 20.0. The van der Waals surface area contributed by atoms with E-state index in [1.165, 1.54) is 11.9 Å². The zero-order valence-electron chi connectivity index (χ0n) is 15.8. The number of amides is 3. The Kier molecular flexibility index (Phi) is 3.99. The summed E-state index contributed by atoms with van der Waals surface area (Å²) >= 11 is 0. The van der Waals surface area contributed by atoms with Gasteiger partial charge in [0.2, 0.25) is 11.6 Å². The van der Waals surface area contributed by atoms with Gasteiger partial charge in [0.15, 0.2) is 0 Å². The summed E-state index contributed by atoms with van der Waals surface area (Å²) in [5, 5.41) is 5.45. The molecular weight excluding hydrogens is 360 g/mol. The fourth-order valence-corrected chi connectivity index (χ4v) is 3.99. The van der Waals surface area contributed by atoms with Gasteiger partial charge >= 0.3 is 0 Å². The highest BCUT2D eigenvalue weighted by molar-refractivity contribution is 6.15. The second-order valence-corrected chi connectivity index (χ2v) is 6.68. The summed E-state index contributed by atoms with van der Waals surface area (Å²) in [6.45, 7) is -0.0932. The van der Waals surface area contributed by atoms with Crippen LogP contribution in [0.5, 0.6) is 5.75 Å². The number of ether oxygens (including phenoxy) is 1. The minimum Gasteiger partial charge on any atom is -0.497 e. The maximum absolute atomic E-state index is 13.3. The van der Waals surface area contributed by atoms with Crippen LogP contribution < -0.4 is 20.3 Å². The van der Waals surface area contributed by atoms with Crippen LogP contribution in [0.1, 0.15) is 15.9 Å². The lowest BCUT2D eigenvalue weighted by molar-refractivity contribution is -0.126. The van der Waals surface area contributed by atoms with Crippen molar-refractivity contribution >= 4 is 29.1 Å². The molecule has 28 heavy (non-hydrogen) atoms. The summed E-state index contributed by atoms with van der Waals surface area (Å²) in [5.41, 5.74) is 0.639. The zero-order valence-corrected chi connectivity index (χ0v) is 15.8. The van der Waals surface area contributed by atoms with Crippen molar-refractivity contribution in [2.75, 3.05) is 38.0 Å². The lowest BCUT2D eigenvalue weighted by Crippen LogP contribution is -2.66. The van der Waals surface area contributed by atoms with Crippen LogP contribution in [0.15, 0.2) is 42.5 Å². The first-order valence-corrected chi connectivity index (χ1v) is 8.80. The monoisotopic (exact) mass is 380 g/mol. The molecule has 1 atom stereocenters. The summed E-state index contributed by atoms with van der Waals surface area (Å²) in [6.07, 6.45) is 0. The van der Waals surface area contributed by atoms with Crippen LogP contribution in [0, 0.1) is 0 Å². The summed E-state index contributed by atoms with van der Waals surface area (Å²) in [7, 11) is 4.65. The average Bonchev–Trinajstić information content (AvgIpc) is 3.01. The molecule has 1 spiro atoms. The Morgan fingerprint density at radius 3 is 2.68 bits per heavy atom. The predicted octanol–water partition coefficient (Wildman–Crippen LogP) is 1.14. The molecule has 2 aromatic carbocycles. The highest BCUT2D eigenvalue weighted by atomic mass is 16.5. The van der Waals surface area contributed by atoms with Crippen LogP contribution in [-0.4, -0.2) is 50.4 Å². The molecule has 0 saturated carbocycles. The highest BCUT2D eigenvalue weighted by Crippen LogP contribution is 2.49. The number of rotatable bonds is 3. The lowest BCUT2D eigenvalue weighted by atomic mass is 9.91. The topological polar surface area (TPSA) is 91.0 Å². The maximum atomic E-state index is 13.3. The number of hydrogen-bond donors (Lipinski definition) is 2. The molecule has 3 amide bonds. The molecule has 1 unspecified atom stereocenters. The fourth-order valence-electron chi connectivity index (χ4n) is 3.99. The largest absolute Gasteiger partial charge is 0.497 e. The van der Waals surface area contributed by atoms with E-state index >= 15 is 0 Å². The molecule has 0 fully saturated rings. The van der Waals surface area contributed by atoms with E-state index in [2.05, 4.69) is 10.6 Å². The quantitative estimate of drug-likeness (QED) is 0.833. The molecule has 0 radical (unpaired) electrons. The number of methoxy groups -OCH3 is 1. The van der Waals surface area contributed by atoms with E-state index in [9.17, 15) is 14.4 Å². The molecule has 2 aromatic rings. The van der Waals surface area contributed by atoms with Crippen LogP contribution in [0.4, 0.5) is 11.4 Å². The standard InChI is InChI=1S/C20H20N4O4/c1-21-17(25)11-24-16-7-5-4-6-13(16)18(26)23(2)20(24)14-9-8-12(28-3)10-15(14)22-19(20)27/h4-10H,11H2,1-3H3,(H,21,25)(H,22,27). The number of likely N-dealkylation sites (N-methyl/N-ethyl adjacent to an activating group) is 2. The van der Waals surface area contributed by atoms with Crippen molar-refractivity contribution in [3.8, 4) is 5.75 Å². The first-order valence-electron chi connectivity index (χ1n) is 8.80. The molecule has 0 aliphatic carbocycles.